The van der Waals surface area contributed by atoms with E-state index in [9.17, 15) is 14.7 Å². The van der Waals surface area contributed by atoms with Gasteiger partial charge in [-0.05, 0) is 30.4 Å². The van der Waals surface area contributed by atoms with Crippen LogP contribution in [-0.2, 0) is 19.1 Å². The number of carbonyl (C=O) groups is 2. The van der Waals surface area contributed by atoms with Gasteiger partial charge in [-0.25, -0.2) is 4.79 Å². The molecule has 26 heavy (non-hydrogen) atoms. The van der Waals surface area contributed by atoms with Crippen LogP contribution in [0.2, 0.25) is 0 Å². The average Bonchev–Trinajstić information content (AvgIpc) is 2.99. The van der Waals surface area contributed by atoms with Gasteiger partial charge >= 0.3 is 11.9 Å². The van der Waals surface area contributed by atoms with Gasteiger partial charge in [-0.15, -0.1) is 0 Å². The Labute approximate surface area is 153 Å². The first-order chi connectivity index (χ1) is 12.2. The molecule has 142 valence electrons. The molecular formula is C20H26O6. The standard InChI is InChI=1S/C20H26O6/c1-9(8-21)5-16(23)25-15-6-10(2)13-7-14(22)11(3)17(13)19-18(15)12(4)20(24)26-19/h5,12-15,17-19,21-22H,2-3,6-8H2,1,4H3/t12-,13+,14+,15+,17+,18-,19-/m1/s1. The molecule has 0 radical (unpaired) electrons. The van der Waals surface area contributed by atoms with Crippen molar-refractivity contribution in [1.82, 2.24) is 0 Å². The van der Waals surface area contributed by atoms with E-state index in [1.165, 1.54) is 6.08 Å². The number of fused-ring (bicyclic) bond motifs is 3. The summed E-state index contributed by atoms with van der Waals surface area (Å²) in [4.78, 5) is 24.5. The van der Waals surface area contributed by atoms with E-state index < -0.39 is 30.2 Å². The van der Waals surface area contributed by atoms with Crippen molar-refractivity contribution in [3.05, 3.63) is 36.0 Å². The van der Waals surface area contributed by atoms with Crippen LogP contribution in [0.3, 0.4) is 0 Å². The molecule has 0 aromatic rings. The third-order valence-corrected chi connectivity index (χ3v) is 6.00. The van der Waals surface area contributed by atoms with Gasteiger partial charge in [-0.2, -0.15) is 0 Å². The van der Waals surface area contributed by atoms with E-state index in [1.54, 1.807) is 13.8 Å². The molecule has 0 bridgehead atoms. The summed E-state index contributed by atoms with van der Waals surface area (Å²) in [5.41, 5.74) is 2.04. The van der Waals surface area contributed by atoms with Crippen molar-refractivity contribution in [2.24, 2.45) is 23.7 Å². The molecule has 3 rings (SSSR count). The van der Waals surface area contributed by atoms with Crippen LogP contribution < -0.4 is 0 Å². The number of ether oxygens (including phenoxy) is 2. The van der Waals surface area contributed by atoms with Gasteiger partial charge in [0.2, 0.25) is 0 Å². The topological polar surface area (TPSA) is 93.1 Å². The van der Waals surface area contributed by atoms with Gasteiger partial charge in [0.25, 0.3) is 0 Å². The summed E-state index contributed by atoms with van der Waals surface area (Å²) in [5.74, 6) is -1.84. The van der Waals surface area contributed by atoms with Crippen molar-refractivity contribution >= 4 is 11.9 Å². The quantitative estimate of drug-likeness (QED) is 0.449. The lowest BCUT2D eigenvalue weighted by Crippen LogP contribution is -2.37. The van der Waals surface area contributed by atoms with Gasteiger partial charge in [-0.1, -0.05) is 25.7 Å². The highest BCUT2D eigenvalue weighted by atomic mass is 16.6. The molecule has 7 atom stereocenters. The number of hydrogen-bond donors (Lipinski definition) is 2. The minimum Gasteiger partial charge on any atom is -0.461 e. The van der Waals surface area contributed by atoms with Crippen LogP contribution in [0.4, 0.5) is 0 Å². The molecule has 1 saturated heterocycles. The highest BCUT2D eigenvalue weighted by Gasteiger charge is 2.57. The highest BCUT2D eigenvalue weighted by molar-refractivity contribution is 5.83. The predicted molar refractivity (Wildman–Crippen MR) is 93.8 cm³/mol. The number of aliphatic hydroxyl groups excluding tert-OH is 2. The Kier molecular flexibility index (Phi) is 5.08. The van der Waals surface area contributed by atoms with Crippen molar-refractivity contribution < 1.29 is 29.3 Å². The van der Waals surface area contributed by atoms with Gasteiger partial charge in [0, 0.05) is 24.3 Å². The first-order valence-electron chi connectivity index (χ1n) is 8.98. The zero-order chi connectivity index (χ0) is 19.2. The summed E-state index contributed by atoms with van der Waals surface area (Å²) in [5, 5.41) is 19.3. The Morgan fingerprint density at radius 1 is 1.42 bits per heavy atom. The van der Waals surface area contributed by atoms with Crippen LogP contribution in [0.15, 0.2) is 36.0 Å². The summed E-state index contributed by atoms with van der Waals surface area (Å²) in [6.45, 7) is 11.4. The fourth-order valence-corrected chi connectivity index (χ4v) is 4.58. The second-order valence-electron chi connectivity index (χ2n) is 7.71. The number of carbonyl (C=O) groups excluding carboxylic acids is 2. The molecular weight excluding hydrogens is 336 g/mol. The minimum absolute atomic E-state index is 0.0403. The highest BCUT2D eigenvalue weighted by Crippen LogP contribution is 2.52. The maximum atomic E-state index is 12.2. The molecule has 6 nitrogen and oxygen atoms in total. The van der Waals surface area contributed by atoms with Crippen molar-refractivity contribution in [1.29, 1.82) is 0 Å². The Morgan fingerprint density at radius 2 is 2.12 bits per heavy atom. The van der Waals surface area contributed by atoms with E-state index >= 15 is 0 Å². The predicted octanol–water partition coefficient (Wildman–Crippen LogP) is 1.53. The average molecular weight is 362 g/mol. The normalized spacial score (nSPS) is 39.9. The van der Waals surface area contributed by atoms with E-state index in [0.29, 0.717) is 24.0 Å². The minimum atomic E-state index is -0.633. The fourth-order valence-electron chi connectivity index (χ4n) is 4.58. The monoisotopic (exact) mass is 362 g/mol. The Hall–Kier alpha value is -1.92. The molecule has 6 heteroatoms. The van der Waals surface area contributed by atoms with Gasteiger partial charge in [-0.3, -0.25) is 4.79 Å². The molecule has 1 heterocycles. The van der Waals surface area contributed by atoms with Crippen LogP contribution in [0, 0.1) is 23.7 Å². The van der Waals surface area contributed by atoms with E-state index in [4.69, 9.17) is 14.6 Å². The second-order valence-corrected chi connectivity index (χ2v) is 7.71. The molecule has 2 N–H and O–H groups in total. The molecule has 3 fully saturated rings. The van der Waals surface area contributed by atoms with Gasteiger partial charge in [0.15, 0.2) is 0 Å². The lowest BCUT2D eigenvalue weighted by Gasteiger charge is -2.29. The number of esters is 2. The van der Waals surface area contributed by atoms with Crippen molar-refractivity contribution in [3.63, 3.8) is 0 Å². The van der Waals surface area contributed by atoms with Crippen LogP contribution in [0.5, 0.6) is 0 Å². The van der Waals surface area contributed by atoms with Crippen LogP contribution >= 0.6 is 0 Å². The summed E-state index contributed by atoms with van der Waals surface area (Å²) >= 11 is 0. The Bertz CT molecular complexity index is 678. The molecule has 3 aliphatic rings. The fraction of sp³-hybridized carbons (Fsp3) is 0.600. The smallest absolute Gasteiger partial charge is 0.331 e. The lowest BCUT2D eigenvalue weighted by atomic mass is 9.79. The van der Waals surface area contributed by atoms with E-state index in [-0.39, 0.29) is 30.3 Å². The van der Waals surface area contributed by atoms with Crippen LogP contribution in [0.25, 0.3) is 0 Å². The third-order valence-electron chi connectivity index (χ3n) is 6.00. The maximum Gasteiger partial charge on any atom is 0.331 e. The van der Waals surface area contributed by atoms with E-state index in [1.807, 2.05) is 0 Å². The zero-order valence-corrected chi connectivity index (χ0v) is 15.2. The molecule has 1 aliphatic heterocycles. The van der Waals surface area contributed by atoms with Crippen molar-refractivity contribution in [2.45, 2.75) is 45.0 Å². The summed E-state index contributed by atoms with van der Waals surface area (Å²) in [6, 6.07) is 0. The SMILES string of the molecule is C=C1[C@@H]2[C@H]3OC(=O)[C@H](C)[C@@H]3[C@@H](OC(=O)C=C(C)CO)CC(=C)[C@@H]2C[C@@H]1O. The van der Waals surface area contributed by atoms with E-state index in [0.717, 1.165) is 5.57 Å². The molecule has 2 aliphatic carbocycles. The van der Waals surface area contributed by atoms with Crippen molar-refractivity contribution in [3.8, 4) is 0 Å². The molecule has 0 amide bonds. The first-order valence-corrected chi connectivity index (χ1v) is 8.98. The second kappa shape index (κ2) is 7.00. The van der Waals surface area contributed by atoms with Crippen LogP contribution in [-0.4, -0.2) is 47.1 Å². The third kappa shape index (κ3) is 3.12. The number of aliphatic hydroxyl groups is 2. The van der Waals surface area contributed by atoms with Gasteiger partial charge in [0.05, 0.1) is 18.6 Å². The van der Waals surface area contributed by atoms with Crippen LogP contribution in [0.1, 0.15) is 26.7 Å². The summed E-state index contributed by atoms with van der Waals surface area (Å²) in [6.07, 6.45) is 0.523. The summed E-state index contributed by atoms with van der Waals surface area (Å²) < 4.78 is 11.3. The van der Waals surface area contributed by atoms with Crippen molar-refractivity contribution in [2.75, 3.05) is 6.61 Å². The largest absolute Gasteiger partial charge is 0.461 e. The zero-order valence-electron chi connectivity index (χ0n) is 15.2. The molecule has 0 spiro atoms. The molecule has 0 unspecified atom stereocenters. The molecule has 0 aromatic heterocycles. The Morgan fingerprint density at radius 3 is 2.77 bits per heavy atom. The Balaban J connectivity index is 1.92. The number of hydrogen-bond acceptors (Lipinski definition) is 6. The summed E-state index contributed by atoms with van der Waals surface area (Å²) in [7, 11) is 0. The van der Waals surface area contributed by atoms with E-state index in [2.05, 4.69) is 13.2 Å². The molecule has 0 aromatic carbocycles. The lowest BCUT2D eigenvalue weighted by molar-refractivity contribution is -0.147. The van der Waals surface area contributed by atoms with Gasteiger partial charge < -0.3 is 19.7 Å². The van der Waals surface area contributed by atoms with Gasteiger partial charge in [0.1, 0.15) is 12.2 Å². The maximum absolute atomic E-state index is 12.2. The molecule has 2 saturated carbocycles. The number of rotatable bonds is 3. The first kappa shape index (κ1) is 18.9.